The number of esters is 1. The number of benzene rings is 1. The first-order valence-corrected chi connectivity index (χ1v) is 13.1. The van der Waals surface area contributed by atoms with Gasteiger partial charge in [-0.1, -0.05) is 44.9 Å². The summed E-state index contributed by atoms with van der Waals surface area (Å²) in [6, 6.07) is 7.29. The first-order chi connectivity index (χ1) is 15.3. The minimum atomic E-state index is -3.96. The molecule has 4 rings (SSSR count). The van der Waals surface area contributed by atoms with E-state index in [1.165, 1.54) is 0 Å². The van der Waals surface area contributed by atoms with E-state index < -0.39 is 25.8 Å². The number of nitrogens with one attached hydrogen (secondary N) is 1. The summed E-state index contributed by atoms with van der Waals surface area (Å²) in [7, 11) is -3.96. The molecule has 8 nitrogen and oxygen atoms in total. The van der Waals surface area contributed by atoms with Gasteiger partial charge in [0.1, 0.15) is 11.8 Å². The summed E-state index contributed by atoms with van der Waals surface area (Å²) >= 11 is 0. The fourth-order valence-electron chi connectivity index (χ4n) is 4.15. The maximum absolute atomic E-state index is 13.6. The Morgan fingerprint density at radius 3 is 2.44 bits per heavy atom. The molecule has 3 saturated heterocycles. The lowest BCUT2D eigenvalue weighted by molar-refractivity contribution is -0.147. The van der Waals surface area contributed by atoms with Crippen LogP contribution in [0.4, 0.5) is 0 Å². The predicted octanol–water partition coefficient (Wildman–Crippen LogP) is 3.81. The van der Waals surface area contributed by atoms with Crippen LogP contribution in [-0.2, 0) is 23.4 Å². The molecular formula is C23H35N2O6P. The van der Waals surface area contributed by atoms with Crippen molar-refractivity contribution in [3.8, 4) is 5.75 Å². The minimum Gasteiger partial charge on any atom is -0.464 e. The van der Waals surface area contributed by atoms with Crippen LogP contribution in [0.25, 0.3) is 0 Å². The van der Waals surface area contributed by atoms with Crippen LogP contribution in [0.5, 0.6) is 5.75 Å². The Morgan fingerprint density at radius 2 is 1.84 bits per heavy atom. The second-order valence-electron chi connectivity index (χ2n) is 8.59. The highest BCUT2D eigenvalue weighted by Crippen LogP contribution is 2.45. The number of ketones is 1. The Labute approximate surface area is 190 Å². The van der Waals surface area contributed by atoms with Crippen molar-refractivity contribution in [2.45, 2.75) is 58.5 Å². The number of carbonyl (C=O) groups is 2. The zero-order chi connectivity index (χ0) is 23.1. The molecule has 0 saturated carbocycles. The van der Waals surface area contributed by atoms with Crippen molar-refractivity contribution < 1.29 is 27.9 Å². The molecule has 1 aromatic carbocycles. The first-order valence-electron chi connectivity index (χ1n) is 11.6. The van der Waals surface area contributed by atoms with Crippen LogP contribution in [0.2, 0.25) is 0 Å². The fourth-order valence-corrected chi connectivity index (χ4v) is 5.65. The second kappa shape index (κ2) is 11.4. The predicted molar refractivity (Wildman–Crippen MR) is 121 cm³/mol. The van der Waals surface area contributed by atoms with Crippen LogP contribution >= 0.6 is 7.75 Å². The summed E-state index contributed by atoms with van der Waals surface area (Å²) in [4.78, 5) is 27.2. The highest BCUT2D eigenvalue weighted by Gasteiger charge is 2.43. The SMILES string of the molecule is CCC(CC)COC(=O)[C@H](C)NP(=O)(OC[C@@H]1C(=O)C2CCN1CC2)Oc1ccccc1. The van der Waals surface area contributed by atoms with Crippen molar-refractivity contribution in [2.75, 3.05) is 26.3 Å². The maximum Gasteiger partial charge on any atom is 0.459 e. The molecule has 2 bridgehead atoms. The quantitative estimate of drug-likeness (QED) is 0.367. The van der Waals surface area contributed by atoms with Gasteiger partial charge in [0.15, 0.2) is 5.78 Å². The van der Waals surface area contributed by atoms with E-state index in [-0.39, 0.29) is 24.2 Å². The molecule has 0 radical (unpaired) electrons. The largest absolute Gasteiger partial charge is 0.464 e. The van der Waals surface area contributed by atoms with E-state index in [0.717, 1.165) is 38.8 Å². The summed E-state index contributed by atoms with van der Waals surface area (Å²) in [5.74, 6) is 0.296. The molecule has 178 valence electrons. The van der Waals surface area contributed by atoms with Gasteiger partial charge in [-0.05, 0) is 50.9 Å². The Kier molecular flexibility index (Phi) is 8.88. The lowest BCUT2D eigenvalue weighted by atomic mass is 9.82. The van der Waals surface area contributed by atoms with Gasteiger partial charge >= 0.3 is 13.7 Å². The number of fused-ring (bicyclic) bond motifs is 3. The zero-order valence-corrected chi connectivity index (χ0v) is 20.1. The van der Waals surface area contributed by atoms with Gasteiger partial charge in [-0.25, -0.2) is 4.57 Å². The average Bonchev–Trinajstić information content (AvgIpc) is 2.80. The molecule has 1 aromatic rings. The lowest BCUT2D eigenvalue weighted by Gasteiger charge is -2.43. The van der Waals surface area contributed by atoms with E-state index in [9.17, 15) is 14.2 Å². The molecule has 3 fully saturated rings. The van der Waals surface area contributed by atoms with Gasteiger partial charge in [0, 0.05) is 5.92 Å². The molecular weight excluding hydrogens is 431 g/mol. The van der Waals surface area contributed by atoms with E-state index in [2.05, 4.69) is 23.8 Å². The molecule has 3 heterocycles. The molecule has 1 unspecified atom stereocenters. The van der Waals surface area contributed by atoms with E-state index >= 15 is 0 Å². The molecule has 3 aliphatic heterocycles. The third-order valence-electron chi connectivity index (χ3n) is 6.39. The zero-order valence-electron chi connectivity index (χ0n) is 19.2. The Bertz CT molecular complexity index is 808. The third kappa shape index (κ3) is 6.41. The molecule has 0 amide bonds. The molecule has 0 aliphatic carbocycles. The number of Topliss-reactive ketones (excluding diaryl/α,β-unsaturated/α-hetero) is 1. The molecule has 3 atom stereocenters. The van der Waals surface area contributed by atoms with E-state index in [0.29, 0.717) is 12.4 Å². The fraction of sp³-hybridized carbons (Fsp3) is 0.652. The Balaban J connectivity index is 1.66. The average molecular weight is 467 g/mol. The summed E-state index contributed by atoms with van der Waals surface area (Å²) in [5, 5.41) is 2.71. The number of nitrogens with zero attached hydrogens (tertiary/aromatic N) is 1. The van der Waals surface area contributed by atoms with E-state index in [4.69, 9.17) is 13.8 Å². The maximum atomic E-state index is 13.6. The highest BCUT2D eigenvalue weighted by molar-refractivity contribution is 7.52. The van der Waals surface area contributed by atoms with Crippen LogP contribution in [0.15, 0.2) is 30.3 Å². The van der Waals surface area contributed by atoms with Crippen molar-refractivity contribution in [1.29, 1.82) is 0 Å². The van der Waals surface area contributed by atoms with Crippen LogP contribution < -0.4 is 9.61 Å². The van der Waals surface area contributed by atoms with E-state index in [1.54, 1.807) is 31.2 Å². The topological polar surface area (TPSA) is 94.2 Å². The summed E-state index contributed by atoms with van der Waals surface area (Å²) in [6.07, 6.45) is 3.56. The summed E-state index contributed by atoms with van der Waals surface area (Å²) < 4.78 is 30.4. The van der Waals surface area contributed by atoms with Gasteiger partial charge < -0.3 is 9.26 Å². The van der Waals surface area contributed by atoms with Crippen LogP contribution in [0.3, 0.4) is 0 Å². The van der Waals surface area contributed by atoms with Crippen LogP contribution in [0, 0.1) is 11.8 Å². The van der Waals surface area contributed by atoms with Crippen molar-refractivity contribution in [3.63, 3.8) is 0 Å². The van der Waals surface area contributed by atoms with Crippen molar-refractivity contribution >= 4 is 19.5 Å². The Hall–Kier alpha value is -1.73. The normalized spacial score (nSPS) is 25.4. The van der Waals surface area contributed by atoms with Gasteiger partial charge in [0.25, 0.3) is 0 Å². The van der Waals surface area contributed by atoms with Gasteiger partial charge in [-0.2, -0.15) is 5.09 Å². The van der Waals surface area contributed by atoms with Crippen LogP contribution in [-0.4, -0.2) is 55.0 Å². The number of carbonyl (C=O) groups excluding carboxylic acids is 2. The molecule has 0 spiro atoms. The number of hydrogen-bond donors (Lipinski definition) is 1. The number of hydrogen-bond acceptors (Lipinski definition) is 7. The number of para-hydroxylation sites is 1. The Morgan fingerprint density at radius 1 is 1.19 bits per heavy atom. The van der Waals surface area contributed by atoms with Gasteiger partial charge in [-0.15, -0.1) is 0 Å². The minimum absolute atomic E-state index is 0.0509. The van der Waals surface area contributed by atoms with E-state index in [1.807, 2.05) is 6.07 Å². The molecule has 0 aromatic heterocycles. The first kappa shape index (κ1) is 24.9. The lowest BCUT2D eigenvalue weighted by Crippen LogP contribution is -2.57. The summed E-state index contributed by atoms with van der Waals surface area (Å²) in [6.45, 7) is 7.60. The summed E-state index contributed by atoms with van der Waals surface area (Å²) in [5.41, 5.74) is 0. The number of piperidine rings is 3. The highest BCUT2D eigenvalue weighted by atomic mass is 31.2. The molecule has 9 heteroatoms. The standard InChI is InChI=1S/C23H35N2O6P/c1-4-18(5-2)15-29-23(27)17(3)24-32(28,31-20-9-7-6-8-10-20)30-16-21-22(26)19-11-13-25(21)14-12-19/h6-10,17-19,21H,4-5,11-16H2,1-3H3,(H,24,28)/t17-,21+,32?/m0/s1. The smallest absolute Gasteiger partial charge is 0.459 e. The van der Waals surface area contributed by atoms with Crippen molar-refractivity contribution in [2.24, 2.45) is 11.8 Å². The van der Waals surface area contributed by atoms with Gasteiger partial charge in [0.05, 0.1) is 19.3 Å². The van der Waals surface area contributed by atoms with Gasteiger partial charge in [-0.3, -0.25) is 19.0 Å². The number of ether oxygens (including phenoxy) is 1. The molecule has 1 N–H and O–H groups in total. The molecule has 32 heavy (non-hydrogen) atoms. The van der Waals surface area contributed by atoms with Gasteiger partial charge in [0.2, 0.25) is 0 Å². The number of rotatable bonds is 12. The van der Waals surface area contributed by atoms with Crippen LogP contribution in [0.1, 0.15) is 46.5 Å². The third-order valence-corrected chi connectivity index (χ3v) is 8.04. The molecule has 3 aliphatic rings. The monoisotopic (exact) mass is 466 g/mol. The second-order valence-corrected chi connectivity index (χ2v) is 10.3. The van der Waals surface area contributed by atoms with Crippen molar-refractivity contribution in [1.82, 2.24) is 9.99 Å². The van der Waals surface area contributed by atoms with Crippen molar-refractivity contribution in [3.05, 3.63) is 30.3 Å².